The number of carbonyl (C=O) groups is 5. The van der Waals surface area contributed by atoms with Gasteiger partial charge in [0.05, 0.1) is 53.1 Å². The Morgan fingerprint density at radius 3 is 1.51 bits per heavy atom. The highest BCUT2D eigenvalue weighted by atomic mass is 32.1. The van der Waals surface area contributed by atoms with E-state index in [0.717, 1.165) is 22.7 Å². The van der Waals surface area contributed by atoms with Crippen molar-refractivity contribution in [3.63, 3.8) is 0 Å². The van der Waals surface area contributed by atoms with E-state index in [1.165, 1.54) is 26.4 Å². The zero-order valence-electron chi connectivity index (χ0n) is 23.8. The molecule has 2 aromatic heterocycles. The van der Waals surface area contributed by atoms with Crippen LogP contribution in [0, 0.1) is 0 Å². The average Bonchev–Trinajstić information content (AvgIpc) is 3.64. The van der Waals surface area contributed by atoms with Crippen LogP contribution in [-0.2, 0) is 9.59 Å². The molecule has 0 fully saturated rings. The second-order valence-electron chi connectivity index (χ2n) is 9.78. The Hall–Kier alpha value is -5.21. The fourth-order valence-corrected chi connectivity index (χ4v) is 6.60. The van der Waals surface area contributed by atoms with Gasteiger partial charge in [-0.15, -0.1) is 22.7 Å². The first-order valence-electron chi connectivity index (χ1n) is 13.3. The number of fused-ring (bicyclic) bond motifs is 2. The number of carboxylic acids is 3. The number of ether oxygens (including phenoxy) is 2. The zero-order chi connectivity index (χ0) is 32.4. The third kappa shape index (κ3) is 6.51. The molecule has 5 rings (SSSR count). The van der Waals surface area contributed by atoms with Crippen molar-refractivity contribution in [2.75, 3.05) is 14.2 Å². The summed E-state index contributed by atoms with van der Waals surface area (Å²) in [5.41, 5.74) is 3.07. The van der Waals surface area contributed by atoms with Gasteiger partial charge in [0.15, 0.2) is 21.6 Å². The highest BCUT2D eigenvalue weighted by Crippen LogP contribution is 2.45. The van der Waals surface area contributed by atoms with E-state index in [9.17, 15) is 29.1 Å². The summed E-state index contributed by atoms with van der Waals surface area (Å²) in [6.45, 7) is 0. The Balaban J connectivity index is 1.67. The van der Waals surface area contributed by atoms with Gasteiger partial charge in [0.1, 0.15) is 11.5 Å². The van der Waals surface area contributed by atoms with Crippen molar-refractivity contribution in [1.29, 1.82) is 0 Å². The number of hydrogen-bond donors (Lipinski definition) is 3. The van der Waals surface area contributed by atoms with Crippen molar-refractivity contribution in [2.24, 2.45) is 0 Å². The summed E-state index contributed by atoms with van der Waals surface area (Å²) in [6, 6.07) is 11.4. The molecule has 0 radical (unpaired) electrons. The summed E-state index contributed by atoms with van der Waals surface area (Å²) in [5.74, 6) is -3.38. The molecule has 3 aromatic carbocycles. The molecular formula is C31H24N2O10S2. The molecule has 0 atom stereocenters. The number of hydrogen-bond acceptors (Lipinski definition) is 11. The van der Waals surface area contributed by atoms with Crippen LogP contribution in [0.15, 0.2) is 42.5 Å². The van der Waals surface area contributed by atoms with E-state index in [-0.39, 0.29) is 41.3 Å². The third-order valence-electron chi connectivity index (χ3n) is 6.88. The summed E-state index contributed by atoms with van der Waals surface area (Å²) in [6.07, 6.45) is -1.02. The normalized spacial score (nSPS) is 11.1. The minimum Gasteiger partial charge on any atom is -0.496 e. The number of aliphatic carboxylic acids is 2. The van der Waals surface area contributed by atoms with Gasteiger partial charge in [0.25, 0.3) is 0 Å². The number of ketones is 2. The number of Topliss-reactive ketones (excluding diaryl/α,β-unsaturated/α-hetero) is 2. The lowest BCUT2D eigenvalue weighted by molar-refractivity contribution is -0.137. The first-order valence-corrected chi connectivity index (χ1v) is 15.0. The first kappa shape index (κ1) is 31.2. The molecule has 2 heterocycles. The quantitative estimate of drug-likeness (QED) is 0.125. The monoisotopic (exact) mass is 648 g/mol. The van der Waals surface area contributed by atoms with Crippen molar-refractivity contribution in [1.82, 2.24) is 9.97 Å². The van der Waals surface area contributed by atoms with E-state index in [1.807, 2.05) is 0 Å². The molecule has 0 amide bonds. The molecule has 0 aliphatic carbocycles. The van der Waals surface area contributed by atoms with Crippen molar-refractivity contribution >= 4 is 72.6 Å². The number of aromatic nitrogens is 2. The van der Waals surface area contributed by atoms with Gasteiger partial charge >= 0.3 is 17.9 Å². The fourth-order valence-electron chi connectivity index (χ4n) is 4.70. The largest absolute Gasteiger partial charge is 0.496 e. The molecule has 0 saturated heterocycles. The lowest BCUT2D eigenvalue weighted by atomic mass is 9.91. The smallest absolute Gasteiger partial charge is 0.335 e. The second kappa shape index (κ2) is 12.8. The van der Waals surface area contributed by atoms with E-state index < -0.39 is 29.5 Å². The Bertz CT molecular complexity index is 2030. The Morgan fingerprint density at radius 1 is 0.622 bits per heavy atom. The highest BCUT2D eigenvalue weighted by molar-refractivity contribution is 7.20. The molecule has 0 unspecified atom stereocenters. The molecule has 230 valence electrons. The van der Waals surface area contributed by atoms with E-state index in [1.54, 1.807) is 30.3 Å². The first-order chi connectivity index (χ1) is 21.5. The van der Waals surface area contributed by atoms with Crippen LogP contribution in [-0.4, -0.2) is 69.0 Å². The SMILES string of the molecule is COc1cc2nc(C(=O)CCC(=O)O)sc2cc1-c1ccc(C(=O)O)cc1-c1cc2sc(C(=O)CCC(=O)O)nc2cc1OC. The lowest BCUT2D eigenvalue weighted by Gasteiger charge is -2.17. The molecule has 14 heteroatoms. The maximum Gasteiger partial charge on any atom is 0.335 e. The van der Waals surface area contributed by atoms with Crippen LogP contribution in [0.2, 0.25) is 0 Å². The molecular weight excluding hydrogens is 624 g/mol. The van der Waals surface area contributed by atoms with Crippen molar-refractivity contribution < 1.29 is 48.8 Å². The summed E-state index contributed by atoms with van der Waals surface area (Å²) in [7, 11) is 2.91. The fraction of sp³-hybridized carbons (Fsp3) is 0.194. The Morgan fingerprint density at radius 2 is 1.09 bits per heavy atom. The molecule has 0 saturated carbocycles. The Labute approximate surface area is 262 Å². The standard InChI is InChI=1S/C31H24N2O10S2/c1-42-23-12-19-25(44-29(32-19)21(34)5-7-27(36)37)10-17(23)15-4-3-14(31(40)41)9-16(15)18-11-26-20(13-24(18)43-2)33-30(45-26)22(35)6-8-28(38)39/h3-4,9-13H,5-8H2,1-2H3,(H,36,37)(H,38,39)(H,40,41). The van der Waals surface area contributed by atoms with E-state index in [4.69, 9.17) is 19.7 Å². The van der Waals surface area contributed by atoms with Gasteiger partial charge in [-0.05, 0) is 35.4 Å². The van der Waals surface area contributed by atoms with Gasteiger partial charge < -0.3 is 24.8 Å². The number of aromatic carboxylic acids is 1. The number of benzene rings is 3. The number of nitrogens with zero attached hydrogens (tertiary/aromatic N) is 2. The number of carbonyl (C=O) groups excluding carboxylic acids is 2. The second-order valence-corrected chi connectivity index (χ2v) is 11.8. The van der Waals surface area contributed by atoms with Crippen molar-refractivity contribution in [2.45, 2.75) is 25.7 Å². The van der Waals surface area contributed by atoms with Crippen molar-refractivity contribution in [3.05, 3.63) is 58.0 Å². The van der Waals surface area contributed by atoms with Crippen LogP contribution >= 0.6 is 22.7 Å². The van der Waals surface area contributed by atoms with Gasteiger partial charge in [-0.2, -0.15) is 0 Å². The van der Waals surface area contributed by atoms with E-state index in [2.05, 4.69) is 9.97 Å². The maximum atomic E-state index is 12.6. The molecule has 0 aliphatic heterocycles. The van der Waals surface area contributed by atoms with Crippen LogP contribution in [0.1, 0.15) is 55.6 Å². The van der Waals surface area contributed by atoms with Crippen LogP contribution in [0.5, 0.6) is 11.5 Å². The molecule has 3 N–H and O–H groups in total. The molecule has 0 bridgehead atoms. The minimum atomic E-state index is -1.15. The predicted molar refractivity (Wildman–Crippen MR) is 166 cm³/mol. The maximum absolute atomic E-state index is 12.6. The van der Waals surface area contributed by atoms with Crippen molar-refractivity contribution in [3.8, 4) is 33.8 Å². The summed E-state index contributed by atoms with van der Waals surface area (Å²) in [4.78, 5) is 67.9. The van der Waals surface area contributed by atoms with E-state index in [0.29, 0.717) is 54.2 Å². The summed E-state index contributed by atoms with van der Waals surface area (Å²) >= 11 is 2.20. The van der Waals surface area contributed by atoms with Crippen LogP contribution in [0.3, 0.4) is 0 Å². The molecule has 12 nitrogen and oxygen atoms in total. The highest BCUT2D eigenvalue weighted by Gasteiger charge is 2.23. The number of carboxylic acid groups (broad SMARTS) is 3. The third-order valence-corrected chi connectivity index (χ3v) is 8.99. The Kier molecular flexibility index (Phi) is 8.88. The summed E-state index contributed by atoms with van der Waals surface area (Å²) in [5, 5.41) is 28.0. The average molecular weight is 649 g/mol. The van der Waals surface area contributed by atoms with Crippen LogP contribution in [0.25, 0.3) is 42.7 Å². The topological polar surface area (TPSA) is 190 Å². The number of rotatable bonds is 13. The van der Waals surface area contributed by atoms with Gasteiger partial charge in [-0.3, -0.25) is 19.2 Å². The van der Waals surface area contributed by atoms with Gasteiger partial charge in [0.2, 0.25) is 0 Å². The molecule has 5 aromatic rings. The predicted octanol–water partition coefficient (Wildman–Crippen LogP) is 6.05. The minimum absolute atomic E-state index is 0.00823. The van der Waals surface area contributed by atoms with Gasteiger partial charge in [0, 0.05) is 36.1 Å². The number of thiazole rings is 2. The van der Waals surface area contributed by atoms with E-state index >= 15 is 0 Å². The molecule has 45 heavy (non-hydrogen) atoms. The van der Waals surface area contributed by atoms with Crippen LogP contribution < -0.4 is 9.47 Å². The van der Waals surface area contributed by atoms with Crippen LogP contribution in [0.4, 0.5) is 0 Å². The van der Waals surface area contributed by atoms with Gasteiger partial charge in [-0.25, -0.2) is 14.8 Å². The van der Waals surface area contributed by atoms with Gasteiger partial charge in [-0.1, -0.05) is 6.07 Å². The molecule has 0 spiro atoms. The molecule has 0 aliphatic rings. The zero-order valence-corrected chi connectivity index (χ0v) is 25.4. The summed E-state index contributed by atoms with van der Waals surface area (Å²) < 4.78 is 12.6. The lowest BCUT2D eigenvalue weighted by Crippen LogP contribution is -2.03. The number of methoxy groups -OCH3 is 2.